The summed E-state index contributed by atoms with van der Waals surface area (Å²) < 4.78 is 5.36. The molecule has 1 aromatic carbocycles. The first kappa shape index (κ1) is 12.1. The van der Waals surface area contributed by atoms with Crippen LogP contribution in [0, 0.1) is 0 Å². The average Bonchev–Trinajstić information content (AvgIpc) is 2.13. The van der Waals surface area contributed by atoms with Gasteiger partial charge in [0.15, 0.2) is 0 Å². The molecule has 0 aliphatic heterocycles. The zero-order valence-corrected chi connectivity index (χ0v) is 10.6. The van der Waals surface area contributed by atoms with Gasteiger partial charge in [-0.2, -0.15) is 0 Å². The van der Waals surface area contributed by atoms with Crippen molar-refractivity contribution in [1.82, 2.24) is 0 Å². The van der Waals surface area contributed by atoms with Crippen LogP contribution in [-0.2, 0) is 0 Å². The molecule has 0 aliphatic rings. The maximum atomic E-state index is 5.64. The molecule has 0 atom stereocenters. The molecule has 0 amide bonds. The maximum absolute atomic E-state index is 5.64. The van der Waals surface area contributed by atoms with Crippen LogP contribution in [0.2, 0.25) is 0 Å². The van der Waals surface area contributed by atoms with Crippen molar-refractivity contribution in [3.05, 3.63) is 42.2 Å². The van der Waals surface area contributed by atoms with E-state index in [4.69, 9.17) is 38.5 Å². The Morgan fingerprint density at radius 1 is 1.14 bits per heavy atom. The van der Waals surface area contributed by atoms with Crippen molar-refractivity contribution in [2.45, 2.75) is 0 Å². The van der Waals surface area contributed by atoms with Gasteiger partial charge in [0.1, 0.15) is 0 Å². The van der Waals surface area contributed by atoms with Crippen molar-refractivity contribution in [3.8, 4) is 5.75 Å². The molecule has 0 saturated carbocycles. The number of benzene rings is 1. The van der Waals surface area contributed by atoms with Gasteiger partial charge in [0.05, 0.1) is 0 Å². The van der Waals surface area contributed by atoms with E-state index < -0.39 is 5.32 Å². The van der Waals surface area contributed by atoms with Crippen molar-refractivity contribution in [1.29, 1.82) is 0 Å². The summed E-state index contributed by atoms with van der Waals surface area (Å²) in [6, 6.07) is 9.49. The summed E-state index contributed by atoms with van der Waals surface area (Å²) in [4.78, 5) is 0. The van der Waals surface area contributed by atoms with Gasteiger partial charge in [-0.1, -0.05) is 0 Å². The third-order valence-electron chi connectivity index (χ3n) is 1.40. The Morgan fingerprint density at radius 3 is 2.36 bits per heavy atom. The quantitative estimate of drug-likeness (QED) is 0.715. The van der Waals surface area contributed by atoms with Crippen LogP contribution < -0.4 is 4.74 Å². The van der Waals surface area contributed by atoms with Gasteiger partial charge in [0.25, 0.3) is 0 Å². The van der Waals surface area contributed by atoms with E-state index in [1.165, 1.54) is 0 Å². The molecule has 0 saturated heterocycles. The third kappa shape index (κ3) is 5.72. The molecule has 0 radical (unpaired) electrons. The van der Waals surface area contributed by atoms with Crippen LogP contribution in [0.15, 0.2) is 42.2 Å². The molecule has 14 heavy (non-hydrogen) atoms. The van der Waals surface area contributed by atoms with Crippen LogP contribution in [0.1, 0.15) is 0 Å². The summed E-state index contributed by atoms with van der Waals surface area (Å²) in [5, 5.41) is -2.64. The Kier molecular flexibility index (Phi) is 5.05. The van der Waals surface area contributed by atoms with Crippen molar-refractivity contribution in [2.75, 3.05) is 6.61 Å². The topological polar surface area (TPSA) is 9.23 Å². The first-order chi connectivity index (χ1) is 6.58. The van der Waals surface area contributed by atoms with Crippen LogP contribution in [0.4, 0.5) is 0 Å². The van der Waals surface area contributed by atoms with E-state index >= 15 is 0 Å². The average molecular weight is 272 g/mol. The summed E-state index contributed by atoms with van der Waals surface area (Å²) in [6.07, 6.45) is 1.73. The van der Waals surface area contributed by atoms with Gasteiger partial charge in [-0.15, -0.1) is 0 Å². The molecule has 0 spiro atoms. The molecular weight excluding hydrogens is 261 g/mol. The first-order valence-electron chi connectivity index (χ1n) is 4.00. The zero-order valence-electron chi connectivity index (χ0n) is 7.29. The normalized spacial score (nSPS) is 13.1. The Hall–Kier alpha value is 0.0600. The number of halogens is 3. The first-order valence-corrected chi connectivity index (χ1v) is 9.11. The van der Waals surface area contributed by atoms with Crippen LogP contribution in [0.5, 0.6) is 5.75 Å². The second-order valence-corrected chi connectivity index (χ2v) is 11.1. The SMILES string of the molecule is Cl[PH](Cl)(Cl)C=CCOc1ccccc1. The Morgan fingerprint density at radius 2 is 1.79 bits per heavy atom. The molecule has 0 unspecified atom stereocenters. The molecule has 0 heterocycles. The summed E-state index contributed by atoms with van der Waals surface area (Å²) in [5.41, 5.74) is 0. The number of rotatable bonds is 4. The third-order valence-corrected chi connectivity index (χ3v) is 3.14. The number of para-hydroxylation sites is 1. The van der Waals surface area contributed by atoms with Gasteiger partial charge in [-0.25, -0.2) is 0 Å². The molecule has 1 nitrogen and oxygen atoms in total. The predicted octanol–water partition coefficient (Wildman–Crippen LogP) is 4.79. The van der Waals surface area contributed by atoms with E-state index in [2.05, 4.69) is 0 Å². The van der Waals surface area contributed by atoms with E-state index in [1.54, 1.807) is 11.9 Å². The van der Waals surface area contributed by atoms with Crippen molar-refractivity contribution in [2.24, 2.45) is 0 Å². The van der Waals surface area contributed by atoms with Crippen LogP contribution in [0.25, 0.3) is 0 Å². The van der Waals surface area contributed by atoms with Gasteiger partial charge in [0.2, 0.25) is 0 Å². The van der Waals surface area contributed by atoms with Gasteiger partial charge in [-0.05, 0) is 0 Å². The summed E-state index contributed by atoms with van der Waals surface area (Å²) >= 11 is 16.9. The van der Waals surface area contributed by atoms with Gasteiger partial charge < -0.3 is 0 Å². The van der Waals surface area contributed by atoms with Crippen LogP contribution >= 0.6 is 39.0 Å². The Labute approximate surface area is 98.3 Å². The molecule has 0 fully saturated rings. The van der Waals surface area contributed by atoms with Gasteiger partial charge in [0, 0.05) is 0 Å². The minimum absolute atomic E-state index is 0.422. The second-order valence-electron chi connectivity index (χ2n) is 2.57. The Bertz CT molecular complexity index is 295. The van der Waals surface area contributed by atoms with E-state index in [9.17, 15) is 0 Å². The molecule has 0 N–H and O–H groups in total. The van der Waals surface area contributed by atoms with E-state index in [0.717, 1.165) is 5.75 Å². The molecular formula is C9H10Cl3OP. The number of hydrogen-bond donors (Lipinski definition) is 0. The van der Waals surface area contributed by atoms with Crippen molar-refractivity contribution in [3.63, 3.8) is 0 Å². The molecule has 0 bridgehead atoms. The molecule has 1 rings (SSSR count). The Balaban J connectivity index is 2.33. The summed E-state index contributed by atoms with van der Waals surface area (Å²) in [6.45, 7) is 0.422. The summed E-state index contributed by atoms with van der Waals surface area (Å²) in [7, 11) is 0. The predicted molar refractivity (Wildman–Crippen MR) is 67.0 cm³/mol. The standard InChI is InChI=1S/C9H10Cl3OP/c10-14(11,12)8-4-7-13-9-5-2-1-3-6-9/h1-6,8,14H,7H2. The van der Waals surface area contributed by atoms with Crippen LogP contribution in [-0.4, -0.2) is 6.61 Å². The number of hydrogen-bond acceptors (Lipinski definition) is 1. The van der Waals surface area contributed by atoms with E-state index in [1.807, 2.05) is 30.3 Å². The zero-order chi connectivity index (χ0) is 10.4. The summed E-state index contributed by atoms with van der Waals surface area (Å²) in [5.74, 6) is 2.41. The van der Waals surface area contributed by atoms with Gasteiger partial charge >= 0.3 is 98.4 Å². The fraction of sp³-hybridized carbons (Fsp3) is 0.111. The van der Waals surface area contributed by atoms with Gasteiger partial charge in [-0.3, -0.25) is 0 Å². The fourth-order valence-corrected chi connectivity index (χ4v) is 2.01. The van der Waals surface area contributed by atoms with E-state index in [-0.39, 0.29) is 0 Å². The van der Waals surface area contributed by atoms with Crippen LogP contribution in [0.3, 0.4) is 0 Å². The fourth-order valence-electron chi connectivity index (χ4n) is 0.843. The van der Waals surface area contributed by atoms with Crippen molar-refractivity contribution >= 4 is 39.0 Å². The molecule has 78 valence electrons. The molecule has 5 heteroatoms. The minimum atomic E-state index is -2.64. The number of ether oxygens (including phenoxy) is 1. The molecule has 1 aromatic rings. The monoisotopic (exact) mass is 270 g/mol. The molecule has 0 aromatic heterocycles. The van der Waals surface area contributed by atoms with E-state index in [0.29, 0.717) is 6.61 Å². The van der Waals surface area contributed by atoms with Crippen molar-refractivity contribution < 1.29 is 4.74 Å². The second kappa shape index (κ2) is 5.82. The molecule has 0 aliphatic carbocycles.